The summed E-state index contributed by atoms with van der Waals surface area (Å²) in [5.41, 5.74) is 1.27. The van der Waals surface area contributed by atoms with Crippen molar-refractivity contribution in [1.29, 1.82) is 0 Å². The molecular formula is C11H13ClZr. The second kappa shape index (κ2) is 10.2. The fourth-order valence-electron chi connectivity index (χ4n) is 0.855. The predicted molar refractivity (Wildman–Crippen MR) is 55.0 cm³/mol. The van der Waals surface area contributed by atoms with E-state index in [1.54, 1.807) is 0 Å². The quantitative estimate of drug-likeness (QED) is 0.593. The van der Waals surface area contributed by atoms with E-state index in [4.69, 9.17) is 0 Å². The van der Waals surface area contributed by atoms with Gasteiger partial charge in [-0.3, -0.25) is 12.2 Å². The smallest absolute Gasteiger partial charge is 0.273 e. The Labute approximate surface area is 106 Å². The Morgan fingerprint density at radius 3 is 2.15 bits per heavy atom. The molecule has 0 saturated heterocycles. The van der Waals surface area contributed by atoms with Crippen molar-refractivity contribution in [2.45, 2.75) is 19.8 Å². The third-order valence-corrected chi connectivity index (χ3v) is 1.45. The van der Waals surface area contributed by atoms with Crippen molar-refractivity contribution in [3.05, 3.63) is 48.1 Å². The van der Waals surface area contributed by atoms with Gasteiger partial charge >= 0.3 is 26.2 Å². The summed E-state index contributed by atoms with van der Waals surface area (Å²) >= 11 is 0. The molecule has 0 aliphatic heterocycles. The summed E-state index contributed by atoms with van der Waals surface area (Å²) in [5, 5.41) is 0. The third kappa shape index (κ3) is 8.46. The molecule has 0 amide bonds. The van der Waals surface area contributed by atoms with Gasteiger partial charge in [0.05, 0.1) is 0 Å². The fraction of sp³-hybridized carbons (Fsp3) is 0.273. The zero-order chi connectivity index (χ0) is 7.94. The zero-order valence-electron chi connectivity index (χ0n) is 7.71. The molecule has 0 aromatic heterocycles. The molecule has 0 radical (unpaired) electrons. The molecule has 0 N–H and O–H groups in total. The molecular weight excluding hydrogens is 259 g/mol. The van der Waals surface area contributed by atoms with E-state index >= 15 is 0 Å². The van der Waals surface area contributed by atoms with Crippen LogP contribution in [0.2, 0.25) is 0 Å². The van der Waals surface area contributed by atoms with E-state index in [0.29, 0.717) is 0 Å². The van der Waals surface area contributed by atoms with Crippen LogP contribution >= 0.6 is 12.4 Å². The molecule has 0 aromatic rings. The Morgan fingerprint density at radius 2 is 2.00 bits per heavy atom. The van der Waals surface area contributed by atoms with E-state index in [0.717, 1.165) is 12.8 Å². The van der Waals surface area contributed by atoms with Crippen LogP contribution < -0.4 is 0 Å². The minimum atomic E-state index is 0. The Hall–Kier alpha value is 0.133. The first-order chi connectivity index (χ1) is 5.39. The van der Waals surface area contributed by atoms with Gasteiger partial charge in [0.2, 0.25) is 0 Å². The van der Waals surface area contributed by atoms with Crippen molar-refractivity contribution in [3.63, 3.8) is 0 Å². The maximum Gasteiger partial charge on any atom is 2.00 e. The number of halogens is 1. The molecule has 68 valence electrons. The van der Waals surface area contributed by atoms with Crippen molar-refractivity contribution < 1.29 is 26.2 Å². The largest absolute Gasteiger partial charge is 2.00 e. The summed E-state index contributed by atoms with van der Waals surface area (Å²) in [6, 6.07) is 0. The predicted octanol–water partition coefficient (Wildman–Crippen LogP) is 3.42. The van der Waals surface area contributed by atoms with Crippen molar-refractivity contribution in [1.82, 2.24) is 0 Å². The molecule has 2 aliphatic carbocycles. The van der Waals surface area contributed by atoms with Crippen LogP contribution in [0.25, 0.3) is 0 Å². The van der Waals surface area contributed by atoms with Crippen LogP contribution in [-0.4, -0.2) is 0 Å². The van der Waals surface area contributed by atoms with Crippen LogP contribution in [0.3, 0.4) is 0 Å². The van der Waals surface area contributed by atoms with Crippen LogP contribution in [0.15, 0.2) is 36.0 Å². The van der Waals surface area contributed by atoms with Gasteiger partial charge < -0.3 is 0 Å². The molecule has 13 heavy (non-hydrogen) atoms. The molecule has 0 atom stereocenters. The van der Waals surface area contributed by atoms with E-state index in [1.807, 2.05) is 12.2 Å². The van der Waals surface area contributed by atoms with E-state index in [2.05, 4.69) is 37.3 Å². The van der Waals surface area contributed by atoms with Crippen molar-refractivity contribution in [3.8, 4) is 0 Å². The second-order valence-electron chi connectivity index (χ2n) is 2.47. The average Bonchev–Trinajstić information content (AvgIpc) is 2.57. The second-order valence-corrected chi connectivity index (χ2v) is 2.47. The summed E-state index contributed by atoms with van der Waals surface area (Å²) in [7, 11) is 0. The van der Waals surface area contributed by atoms with Crippen molar-refractivity contribution in [2.75, 3.05) is 0 Å². The van der Waals surface area contributed by atoms with E-state index in [-0.39, 0.29) is 38.6 Å². The third-order valence-electron chi connectivity index (χ3n) is 1.45. The van der Waals surface area contributed by atoms with E-state index in [9.17, 15) is 0 Å². The maximum absolute atomic E-state index is 3.12. The van der Waals surface area contributed by atoms with Gasteiger partial charge in [-0.05, 0) is 0 Å². The molecule has 2 aliphatic rings. The Bertz CT molecular complexity index is 211. The standard InChI is InChI=1S/C6H7.C5H5.ClH.Zr/c1-6-4-2-3-5-6;1-2-4-5-3-1;;/h2,4H,3H2,1H3;1-3H,4H2;1H;/q2*-1;;+2. The minimum Gasteiger partial charge on any atom is -0.273 e. The number of rotatable bonds is 0. The van der Waals surface area contributed by atoms with Crippen LogP contribution in [0, 0.1) is 12.2 Å². The average molecular weight is 272 g/mol. The van der Waals surface area contributed by atoms with Gasteiger partial charge in [0.1, 0.15) is 0 Å². The molecule has 0 saturated carbocycles. The summed E-state index contributed by atoms with van der Waals surface area (Å²) in [6.45, 7) is 2.06. The first-order valence-corrected chi connectivity index (χ1v) is 3.85. The maximum atomic E-state index is 3.12. The van der Waals surface area contributed by atoms with Crippen LogP contribution in [0.4, 0.5) is 0 Å². The van der Waals surface area contributed by atoms with Gasteiger partial charge in [-0.2, -0.15) is 12.2 Å². The first kappa shape index (κ1) is 15.6. The molecule has 0 spiro atoms. The molecule has 2 rings (SSSR count). The summed E-state index contributed by atoms with van der Waals surface area (Å²) in [6.07, 6.45) is 18.3. The zero-order valence-corrected chi connectivity index (χ0v) is 11.0. The molecule has 0 bridgehead atoms. The number of allylic oxidation sites excluding steroid dienone is 8. The van der Waals surface area contributed by atoms with Crippen molar-refractivity contribution >= 4 is 12.4 Å². The molecule has 0 fully saturated rings. The van der Waals surface area contributed by atoms with Crippen molar-refractivity contribution in [2.24, 2.45) is 0 Å². The van der Waals surface area contributed by atoms with Gasteiger partial charge in [0.15, 0.2) is 0 Å². The Kier molecular flexibility index (Phi) is 12.3. The Morgan fingerprint density at radius 1 is 1.23 bits per heavy atom. The summed E-state index contributed by atoms with van der Waals surface area (Å²) < 4.78 is 0. The number of hydrogen-bond donors (Lipinski definition) is 0. The minimum absolute atomic E-state index is 0. The Balaban J connectivity index is 0. The molecule has 0 nitrogen and oxygen atoms in total. The normalized spacial score (nSPS) is 15.3. The van der Waals surface area contributed by atoms with E-state index in [1.165, 1.54) is 5.57 Å². The van der Waals surface area contributed by atoms with Crippen LogP contribution in [0.1, 0.15) is 19.8 Å². The SMILES string of the molecule is CC1=[C-]CC=C1.Cl.[C-]1=CC=CC1.[Zr+2]. The first-order valence-electron chi connectivity index (χ1n) is 3.85. The monoisotopic (exact) mass is 270 g/mol. The van der Waals surface area contributed by atoms with Gasteiger partial charge in [-0.1, -0.05) is 6.92 Å². The van der Waals surface area contributed by atoms with Gasteiger partial charge in [-0.25, -0.2) is 23.8 Å². The summed E-state index contributed by atoms with van der Waals surface area (Å²) in [4.78, 5) is 0. The number of hydrogen-bond acceptors (Lipinski definition) is 0. The topological polar surface area (TPSA) is 0 Å². The van der Waals surface area contributed by atoms with Gasteiger partial charge in [0, 0.05) is 0 Å². The van der Waals surface area contributed by atoms with Gasteiger partial charge in [-0.15, -0.1) is 25.2 Å². The molecule has 0 aromatic carbocycles. The van der Waals surface area contributed by atoms with Crippen LogP contribution in [0.5, 0.6) is 0 Å². The molecule has 2 heteroatoms. The summed E-state index contributed by atoms with van der Waals surface area (Å²) in [5.74, 6) is 0. The fourth-order valence-corrected chi connectivity index (χ4v) is 0.855. The van der Waals surface area contributed by atoms with E-state index < -0.39 is 0 Å². The van der Waals surface area contributed by atoms with Crippen LogP contribution in [-0.2, 0) is 26.2 Å². The molecule has 0 unspecified atom stereocenters. The van der Waals surface area contributed by atoms with Gasteiger partial charge in [0.25, 0.3) is 0 Å². The molecule has 0 heterocycles.